The van der Waals surface area contributed by atoms with Crippen molar-refractivity contribution >= 4 is 10.2 Å². The molecule has 2 fully saturated rings. The fourth-order valence-electron chi connectivity index (χ4n) is 3.59. The van der Waals surface area contributed by atoms with Gasteiger partial charge in [0.05, 0.1) is 6.54 Å². The fraction of sp³-hybridized carbons (Fsp3) is 0.867. The van der Waals surface area contributed by atoms with Gasteiger partial charge in [-0.2, -0.15) is 17.4 Å². The smallest absolute Gasteiger partial charge is 0.279 e. The van der Waals surface area contributed by atoms with Crippen LogP contribution in [0, 0.1) is 0 Å². The second kappa shape index (κ2) is 7.72. The molecule has 23 heavy (non-hydrogen) atoms. The molecule has 0 radical (unpaired) electrons. The van der Waals surface area contributed by atoms with Crippen molar-refractivity contribution in [3.05, 3.63) is 12.2 Å². The van der Waals surface area contributed by atoms with Crippen LogP contribution in [-0.4, -0.2) is 40.6 Å². The van der Waals surface area contributed by atoms with E-state index in [1.807, 2.05) is 0 Å². The van der Waals surface area contributed by atoms with Crippen LogP contribution < -0.4 is 4.72 Å². The van der Waals surface area contributed by atoms with Crippen LogP contribution in [0.25, 0.3) is 0 Å². The van der Waals surface area contributed by atoms with E-state index in [0.29, 0.717) is 19.1 Å². The minimum Gasteiger partial charge on any atom is -0.313 e. The SMILES string of the molecule is O=S(=O)(NCc1nncn1C1CCCCC1)N1CCCCCC1. The lowest BCUT2D eigenvalue weighted by atomic mass is 9.95. The third-order valence-corrected chi connectivity index (χ3v) is 6.49. The third kappa shape index (κ3) is 4.30. The van der Waals surface area contributed by atoms with Gasteiger partial charge in [-0.1, -0.05) is 32.1 Å². The largest absolute Gasteiger partial charge is 0.313 e. The van der Waals surface area contributed by atoms with Crippen LogP contribution in [0.15, 0.2) is 6.33 Å². The minimum atomic E-state index is -3.43. The summed E-state index contributed by atoms with van der Waals surface area (Å²) in [5.41, 5.74) is 0. The average molecular weight is 341 g/mol. The lowest BCUT2D eigenvalue weighted by Crippen LogP contribution is -2.41. The normalized spacial score (nSPS) is 22.1. The summed E-state index contributed by atoms with van der Waals surface area (Å²) in [6.07, 6.45) is 11.8. The predicted molar refractivity (Wildman–Crippen MR) is 87.9 cm³/mol. The van der Waals surface area contributed by atoms with Crippen LogP contribution in [0.1, 0.15) is 69.7 Å². The molecule has 1 aliphatic carbocycles. The molecule has 0 spiro atoms. The maximum Gasteiger partial charge on any atom is 0.279 e. The van der Waals surface area contributed by atoms with Gasteiger partial charge in [-0.25, -0.2) is 0 Å². The molecule has 1 aromatic heterocycles. The van der Waals surface area contributed by atoms with Gasteiger partial charge in [0, 0.05) is 19.1 Å². The van der Waals surface area contributed by atoms with E-state index < -0.39 is 10.2 Å². The summed E-state index contributed by atoms with van der Waals surface area (Å²) < 4.78 is 31.3. The summed E-state index contributed by atoms with van der Waals surface area (Å²) in [6.45, 7) is 1.45. The Balaban J connectivity index is 1.62. The maximum atomic E-state index is 12.5. The van der Waals surface area contributed by atoms with Crippen LogP contribution in [0.5, 0.6) is 0 Å². The van der Waals surface area contributed by atoms with Gasteiger partial charge < -0.3 is 4.57 Å². The molecule has 2 heterocycles. The standard InChI is InChI=1S/C15H27N5O2S/c21-23(22,19-10-6-1-2-7-11-19)17-12-15-18-16-13-20(15)14-8-4-3-5-9-14/h13-14,17H,1-12H2. The number of hydrogen-bond acceptors (Lipinski definition) is 4. The molecule has 0 amide bonds. The Labute approximate surface area is 138 Å². The van der Waals surface area contributed by atoms with Crippen molar-refractivity contribution in [3.8, 4) is 0 Å². The van der Waals surface area contributed by atoms with Crippen molar-refractivity contribution < 1.29 is 8.42 Å². The molecule has 0 aromatic carbocycles. The lowest BCUT2D eigenvalue weighted by Gasteiger charge is -2.24. The van der Waals surface area contributed by atoms with Gasteiger partial charge >= 0.3 is 0 Å². The first-order valence-corrected chi connectivity index (χ1v) is 10.2. The van der Waals surface area contributed by atoms with Crippen LogP contribution in [-0.2, 0) is 16.8 Å². The highest BCUT2D eigenvalue weighted by molar-refractivity contribution is 7.87. The third-order valence-electron chi connectivity index (χ3n) is 4.93. The van der Waals surface area contributed by atoms with Gasteiger partial charge in [-0.15, -0.1) is 10.2 Å². The van der Waals surface area contributed by atoms with Crippen LogP contribution in [0.3, 0.4) is 0 Å². The molecule has 1 N–H and O–H groups in total. The van der Waals surface area contributed by atoms with E-state index in [1.54, 1.807) is 10.6 Å². The maximum absolute atomic E-state index is 12.5. The quantitative estimate of drug-likeness (QED) is 0.888. The molecule has 3 rings (SSSR count). The highest BCUT2D eigenvalue weighted by Crippen LogP contribution is 2.28. The zero-order valence-electron chi connectivity index (χ0n) is 13.7. The Hall–Kier alpha value is -0.990. The van der Waals surface area contributed by atoms with Crippen LogP contribution in [0.4, 0.5) is 0 Å². The molecule has 1 saturated carbocycles. The second-order valence-corrected chi connectivity index (χ2v) is 8.34. The number of rotatable bonds is 5. The Bertz CT molecular complexity index is 587. The van der Waals surface area contributed by atoms with Crippen molar-refractivity contribution in [1.29, 1.82) is 0 Å². The highest BCUT2D eigenvalue weighted by Gasteiger charge is 2.24. The number of nitrogens with one attached hydrogen (secondary N) is 1. The monoisotopic (exact) mass is 341 g/mol. The molecule has 0 atom stereocenters. The fourth-order valence-corrected chi connectivity index (χ4v) is 4.82. The van der Waals surface area contributed by atoms with Crippen molar-refractivity contribution in [2.75, 3.05) is 13.1 Å². The lowest BCUT2D eigenvalue weighted by molar-refractivity contribution is 0.343. The van der Waals surface area contributed by atoms with Crippen molar-refractivity contribution in [1.82, 2.24) is 23.8 Å². The molecule has 1 aromatic rings. The number of aromatic nitrogens is 3. The molecular weight excluding hydrogens is 314 g/mol. The van der Waals surface area contributed by atoms with E-state index in [2.05, 4.69) is 19.5 Å². The Morgan fingerprint density at radius 1 is 1.04 bits per heavy atom. The van der Waals surface area contributed by atoms with Gasteiger partial charge in [0.2, 0.25) is 0 Å². The second-order valence-electron chi connectivity index (χ2n) is 6.59. The molecule has 0 bridgehead atoms. The summed E-state index contributed by atoms with van der Waals surface area (Å²) in [6, 6.07) is 0.413. The summed E-state index contributed by atoms with van der Waals surface area (Å²) >= 11 is 0. The van der Waals surface area contributed by atoms with E-state index in [1.165, 1.54) is 19.3 Å². The van der Waals surface area contributed by atoms with Gasteiger partial charge in [-0.3, -0.25) is 0 Å². The van der Waals surface area contributed by atoms with E-state index >= 15 is 0 Å². The van der Waals surface area contributed by atoms with Gasteiger partial charge in [0.1, 0.15) is 12.2 Å². The van der Waals surface area contributed by atoms with E-state index in [4.69, 9.17) is 0 Å². The average Bonchev–Trinajstić information content (AvgIpc) is 2.85. The zero-order valence-corrected chi connectivity index (χ0v) is 14.5. The first-order valence-electron chi connectivity index (χ1n) is 8.80. The van der Waals surface area contributed by atoms with Crippen molar-refractivity contribution in [2.45, 2.75) is 70.4 Å². The predicted octanol–water partition coefficient (Wildman–Crippen LogP) is 1.99. The Morgan fingerprint density at radius 3 is 2.39 bits per heavy atom. The van der Waals surface area contributed by atoms with Crippen molar-refractivity contribution in [3.63, 3.8) is 0 Å². The number of hydrogen-bond donors (Lipinski definition) is 1. The van der Waals surface area contributed by atoms with E-state index in [-0.39, 0.29) is 6.54 Å². The Kier molecular flexibility index (Phi) is 5.66. The molecule has 130 valence electrons. The van der Waals surface area contributed by atoms with Crippen LogP contribution >= 0.6 is 0 Å². The van der Waals surface area contributed by atoms with Crippen LogP contribution in [0.2, 0.25) is 0 Å². The Morgan fingerprint density at radius 2 is 1.70 bits per heavy atom. The van der Waals surface area contributed by atoms with Gasteiger partial charge in [0.15, 0.2) is 0 Å². The molecule has 2 aliphatic rings. The first kappa shape index (κ1) is 16.9. The summed E-state index contributed by atoms with van der Waals surface area (Å²) in [7, 11) is -3.43. The van der Waals surface area contributed by atoms with Gasteiger partial charge in [0.25, 0.3) is 10.2 Å². The minimum absolute atomic E-state index is 0.218. The number of nitrogens with zero attached hydrogens (tertiary/aromatic N) is 4. The summed E-state index contributed by atoms with van der Waals surface area (Å²) in [5.74, 6) is 0.718. The molecule has 1 aliphatic heterocycles. The van der Waals surface area contributed by atoms with Crippen molar-refractivity contribution in [2.24, 2.45) is 0 Å². The zero-order chi connectivity index (χ0) is 16.1. The molecule has 7 nitrogen and oxygen atoms in total. The summed E-state index contributed by atoms with van der Waals surface area (Å²) in [5, 5.41) is 8.12. The van der Waals surface area contributed by atoms with E-state index in [0.717, 1.165) is 44.3 Å². The molecule has 1 saturated heterocycles. The first-order chi connectivity index (χ1) is 11.2. The topological polar surface area (TPSA) is 80.1 Å². The van der Waals surface area contributed by atoms with Gasteiger partial charge in [-0.05, 0) is 25.7 Å². The summed E-state index contributed by atoms with van der Waals surface area (Å²) in [4.78, 5) is 0. The molecule has 0 unspecified atom stereocenters. The van der Waals surface area contributed by atoms with E-state index in [9.17, 15) is 8.42 Å². The highest BCUT2D eigenvalue weighted by atomic mass is 32.2. The molecular formula is C15H27N5O2S. The molecule has 8 heteroatoms.